The third-order valence-electron chi connectivity index (χ3n) is 5.48. The topological polar surface area (TPSA) is 55.4 Å². The molecule has 0 atom stereocenters. The summed E-state index contributed by atoms with van der Waals surface area (Å²) >= 11 is 0. The zero-order valence-corrected chi connectivity index (χ0v) is 19.5. The van der Waals surface area contributed by atoms with Crippen LogP contribution in [0, 0.1) is 0 Å². The molecular weight excluding hydrogens is 455 g/mol. The largest absolute Gasteiger partial charge is 0.456 e. The van der Waals surface area contributed by atoms with Crippen molar-refractivity contribution in [2.45, 2.75) is 51.6 Å². The Labute approximate surface area is 203 Å². The van der Waals surface area contributed by atoms with Gasteiger partial charge in [0.2, 0.25) is 0 Å². The lowest BCUT2D eigenvalue weighted by Gasteiger charge is -2.17. The second-order valence-electron chi connectivity index (χ2n) is 8.22. The molecule has 0 bridgehead atoms. The van der Waals surface area contributed by atoms with Gasteiger partial charge in [-0.2, -0.15) is 13.2 Å². The fourth-order valence-corrected chi connectivity index (χ4v) is 3.65. The van der Waals surface area contributed by atoms with Crippen molar-refractivity contribution in [3.63, 3.8) is 0 Å². The third kappa shape index (κ3) is 7.44. The van der Waals surface area contributed by atoms with Crippen LogP contribution in [0.4, 0.5) is 18.9 Å². The number of alkyl halides is 3. The molecule has 3 rings (SSSR count). The first kappa shape index (κ1) is 26.0. The standard InChI is InChI=1S/C28H28F3NO3/c1-2-3-4-5-9-18-25(33)20-12-10-15-22(19-20)35-26-23(16-11-17-24(26)28(29,30)31)27(34)32-21-13-7-6-8-14-21/h6-8,10-17,19H,2-5,9,18H2,1H3,(H,32,34). The fourth-order valence-electron chi connectivity index (χ4n) is 3.65. The maximum absolute atomic E-state index is 13.8. The summed E-state index contributed by atoms with van der Waals surface area (Å²) in [5, 5.41) is 2.59. The summed E-state index contributed by atoms with van der Waals surface area (Å²) in [6.45, 7) is 2.12. The third-order valence-corrected chi connectivity index (χ3v) is 5.48. The number of anilines is 1. The first-order chi connectivity index (χ1) is 16.8. The molecule has 0 aromatic heterocycles. The van der Waals surface area contributed by atoms with Crippen LogP contribution in [0.1, 0.15) is 71.7 Å². The van der Waals surface area contributed by atoms with E-state index >= 15 is 0 Å². The van der Waals surface area contributed by atoms with Gasteiger partial charge in [-0.05, 0) is 42.8 Å². The molecule has 0 saturated carbocycles. The van der Waals surface area contributed by atoms with Crippen LogP contribution in [0.3, 0.4) is 0 Å². The average Bonchev–Trinajstić information content (AvgIpc) is 2.84. The van der Waals surface area contributed by atoms with E-state index in [0.29, 0.717) is 17.7 Å². The van der Waals surface area contributed by atoms with Gasteiger partial charge in [0.25, 0.3) is 5.91 Å². The molecule has 0 aliphatic carbocycles. The summed E-state index contributed by atoms with van der Waals surface area (Å²) in [4.78, 5) is 25.4. The molecule has 4 nitrogen and oxygen atoms in total. The molecule has 1 amide bonds. The highest BCUT2D eigenvalue weighted by Gasteiger charge is 2.36. The lowest BCUT2D eigenvalue weighted by molar-refractivity contribution is -0.138. The van der Waals surface area contributed by atoms with Gasteiger partial charge in [0.05, 0.1) is 11.1 Å². The summed E-state index contributed by atoms with van der Waals surface area (Å²) in [6.07, 6.45) is 0.615. The number of hydrogen-bond donors (Lipinski definition) is 1. The summed E-state index contributed by atoms with van der Waals surface area (Å²) in [7, 11) is 0. The molecule has 0 aliphatic heterocycles. The highest BCUT2D eigenvalue weighted by Crippen LogP contribution is 2.40. The number of benzene rings is 3. The van der Waals surface area contributed by atoms with Crippen LogP contribution < -0.4 is 10.1 Å². The highest BCUT2D eigenvalue weighted by atomic mass is 19.4. The lowest BCUT2D eigenvalue weighted by Crippen LogP contribution is -2.16. The van der Waals surface area contributed by atoms with Crippen molar-refractivity contribution >= 4 is 17.4 Å². The number of Topliss-reactive ketones (excluding diaryl/α,β-unsaturated/α-hetero) is 1. The van der Waals surface area contributed by atoms with Crippen molar-refractivity contribution in [1.29, 1.82) is 0 Å². The van der Waals surface area contributed by atoms with E-state index < -0.39 is 23.4 Å². The Kier molecular flexibility index (Phi) is 9.06. The maximum atomic E-state index is 13.8. The molecule has 184 valence electrons. The first-order valence-electron chi connectivity index (χ1n) is 11.7. The molecule has 0 heterocycles. The Morgan fingerprint density at radius 3 is 2.29 bits per heavy atom. The summed E-state index contributed by atoms with van der Waals surface area (Å²) in [5.74, 6) is -1.40. The number of carbonyl (C=O) groups is 2. The zero-order chi connectivity index (χ0) is 25.3. The minimum atomic E-state index is -4.75. The number of rotatable bonds is 11. The molecule has 0 spiro atoms. The van der Waals surface area contributed by atoms with Crippen LogP contribution in [0.25, 0.3) is 0 Å². The van der Waals surface area contributed by atoms with Crippen molar-refractivity contribution in [3.05, 3.63) is 89.5 Å². The Morgan fingerprint density at radius 2 is 1.57 bits per heavy atom. The van der Waals surface area contributed by atoms with Crippen molar-refractivity contribution in [2.75, 3.05) is 5.32 Å². The molecule has 0 radical (unpaired) electrons. The minimum absolute atomic E-state index is 0.0484. The van der Waals surface area contributed by atoms with E-state index in [9.17, 15) is 22.8 Å². The number of carbonyl (C=O) groups excluding carboxylic acids is 2. The average molecular weight is 484 g/mol. The monoisotopic (exact) mass is 483 g/mol. The van der Waals surface area contributed by atoms with E-state index in [1.807, 2.05) is 0 Å². The highest BCUT2D eigenvalue weighted by molar-refractivity contribution is 6.06. The van der Waals surface area contributed by atoms with E-state index in [1.165, 1.54) is 18.2 Å². The Balaban J connectivity index is 1.85. The van der Waals surface area contributed by atoms with Crippen molar-refractivity contribution in [2.24, 2.45) is 0 Å². The number of para-hydroxylation sites is 2. The number of nitrogens with one attached hydrogen (secondary N) is 1. The van der Waals surface area contributed by atoms with Gasteiger partial charge >= 0.3 is 6.18 Å². The quantitative estimate of drug-likeness (QED) is 0.220. The van der Waals surface area contributed by atoms with E-state index in [-0.39, 0.29) is 17.1 Å². The van der Waals surface area contributed by atoms with Crippen LogP contribution in [-0.4, -0.2) is 11.7 Å². The van der Waals surface area contributed by atoms with E-state index in [4.69, 9.17) is 4.74 Å². The molecular formula is C28H28F3NO3. The summed E-state index contributed by atoms with van der Waals surface area (Å²) in [6, 6.07) is 17.8. The van der Waals surface area contributed by atoms with E-state index in [0.717, 1.165) is 44.2 Å². The molecule has 1 N–H and O–H groups in total. The predicted molar refractivity (Wildman–Crippen MR) is 130 cm³/mol. The minimum Gasteiger partial charge on any atom is -0.456 e. The predicted octanol–water partition coefficient (Wildman–Crippen LogP) is 8.29. The number of ketones is 1. The number of halogens is 3. The van der Waals surface area contributed by atoms with Crippen LogP contribution in [-0.2, 0) is 6.18 Å². The Hall–Kier alpha value is -3.61. The Bertz CT molecular complexity index is 1140. The Morgan fingerprint density at radius 1 is 0.857 bits per heavy atom. The second-order valence-corrected chi connectivity index (χ2v) is 8.22. The van der Waals surface area contributed by atoms with Crippen LogP contribution in [0.2, 0.25) is 0 Å². The summed E-state index contributed by atoms with van der Waals surface area (Å²) < 4.78 is 47.0. The van der Waals surface area contributed by atoms with Crippen molar-refractivity contribution in [1.82, 2.24) is 0 Å². The lowest BCUT2D eigenvalue weighted by atomic mass is 10.0. The van der Waals surface area contributed by atoms with Gasteiger partial charge in [-0.1, -0.05) is 69.0 Å². The van der Waals surface area contributed by atoms with Gasteiger partial charge in [-0.15, -0.1) is 0 Å². The number of unbranched alkanes of at least 4 members (excludes halogenated alkanes) is 4. The van der Waals surface area contributed by atoms with Gasteiger partial charge in [-0.3, -0.25) is 9.59 Å². The normalized spacial score (nSPS) is 11.2. The SMILES string of the molecule is CCCCCCCC(=O)c1cccc(Oc2c(C(=O)Nc3ccccc3)cccc2C(F)(F)F)c1. The molecule has 7 heteroatoms. The second kappa shape index (κ2) is 12.2. The van der Waals surface area contributed by atoms with Crippen LogP contribution in [0.5, 0.6) is 11.5 Å². The summed E-state index contributed by atoms with van der Waals surface area (Å²) in [5.41, 5.74) is -0.549. The molecule has 0 aliphatic rings. The van der Waals surface area contributed by atoms with Gasteiger partial charge in [0.1, 0.15) is 5.75 Å². The fraction of sp³-hybridized carbons (Fsp3) is 0.286. The van der Waals surface area contributed by atoms with E-state index in [1.54, 1.807) is 42.5 Å². The van der Waals surface area contributed by atoms with Crippen molar-refractivity contribution in [3.8, 4) is 11.5 Å². The van der Waals surface area contributed by atoms with Crippen molar-refractivity contribution < 1.29 is 27.5 Å². The van der Waals surface area contributed by atoms with Crippen LogP contribution in [0.15, 0.2) is 72.8 Å². The molecule has 0 unspecified atom stereocenters. The number of ether oxygens (including phenoxy) is 1. The molecule has 0 saturated heterocycles. The van der Waals surface area contributed by atoms with Gasteiger partial charge in [0, 0.05) is 17.7 Å². The first-order valence-corrected chi connectivity index (χ1v) is 11.7. The smallest absolute Gasteiger partial charge is 0.420 e. The molecule has 35 heavy (non-hydrogen) atoms. The zero-order valence-electron chi connectivity index (χ0n) is 19.5. The van der Waals surface area contributed by atoms with E-state index in [2.05, 4.69) is 12.2 Å². The molecule has 0 fully saturated rings. The number of hydrogen-bond acceptors (Lipinski definition) is 3. The van der Waals surface area contributed by atoms with Gasteiger partial charge in [-0.25, -0.2) is 0 Å². The van der Waals surface area contributed by atoms with Gasteiger partial charge in [0.15, 0.2) is 11.5 Å². The van der Waals surface area contributed by atoms with Crippen LogP contribution >= 0.6 is 0 Å². The van der Waals surface area contributed by atoms with Gasteiger partial charge < -0.3 is 10.1 Å². The molecule has 3 aromatic carbocycles. The maximum Gasteiger partial charge on any atom is 0.420 e. The number of amides is 1. The molecule has 3 aromatic rings.